The van der Waals surface area contributed by atoms with Crippen LogP contribution in [-0.2, 0) is 34.8 Å². The maximum Gasteiger partial charge on any atom is 0.347 e. The van der Waals surface area contributed by atoms with E-state index in [1.54, 1.807) is 54.6 Å². The number of ether oxygens (including phenoxy) is 1. The number of hydrogen-bond donors (Lipinski definition) is 6. The van der Waals surface area contributed by atoms with Gasteiger partial charge < -0.3 is 35.7 Å². The molecule has 1 aliphatic heterocycles. The van der Waals surface area contributed by atoms with E-state index in [9.17, 15) is 29.7 Å². The average molecular weight is 863 g/mol. The normalized spacial score (nSPS) is 15.7. The Balaban J connectivity index is 0.861. The third-order valence-electron chi connectivity index (χ3n) is 11.6. The number of aromatic nitrogens is 1. The molecule has 11 nitrogen and oxygen atoms in total. The van der Waals surface area contributed by atoms with Crippen molar-refractivity contribution in [1.29, 1.82) is 0 Å². The van der Waals surface area contributed by atoms with Gasteiger partial charge in [0.1, 0.15) is 5.75 Å². The fraction of sp³-hybridized carbons (Fsp3) is 0.235. The van der Waals surface area contributed by atoms with Crippen LogP contribution >= 0.6 is 11.3 Å². The Kier molecular flexibility index (Phi) is 13.6. The Morgan fingerprint density at radius 2 is 1.60 bits per heavy atom. The monoisotopic (exact) mass is 862 g/mol. The van der Waals surface area contributed by atoms with E-state index in [4.69, 9.17) is 4.74 Å². The molecule has 1 fully saturated rings. The summed E-state index contributed by atoms with van der Waals surface area (Å²) in [6.45, 7) is 3.87. The zero-order valence-electron chi connectivity index (χ0n) is 34.7. The van der Waals surface area contributed by atoms with Crippen molar-refractivity contribution >= 4 is 34.1 Å². The molecular formula is C51H50N4O7S. The van der Waals surface area contributed by atoms with E-state index in [2.05, 4.69) is 32.7 Å². The van der Waals surface area contributed by atoms with Crippen molar-refractivity contribution in [3.05, 3.63) is 194 Å². The number of carbonyl (C=O) groups is 2. The Labute approximate surface area is 369 Å². The molecule has 5 aromatic carbocycles. The van der Waals surface area contributed by atoms with Crippen LogP contribution in [0, 0.1) is 5.92 Å². The number of thiophene rings is 1. The number of pyridine rings is 1. The van der Waals surface area contributed by atoms with Crippen LogP contribution in [0.5, 0.6) is 5.75 Å². The second-order valence-corrected chi connectivity index (χ2v) is 17.2. The number of piperidine rings is 1. The van der Waals surface area contributed by atoms with E-state index in [1.807, 2.05) is 66.7 Å². The predicted molar refractivity (Wildman–Crippen MR) is 245 cm³/mol. The van der Waals surface area contributed by atoms with Crippen molar-refractivity contribution in [1.82, 2.24) is 20.5 Å². The molecule has 1 amide bonds. The van der Waals surface area contributed by atoms with E-state index >= 15 is 0 Å². The number of aromatic amines is 1. The van der Waals surface area contributed by atoms with Crippen molar-refractivity contribution in [3.63, 3.8) is 0 Å². The number of nitrogens with zero attached hydrogens (tertiary/aromatic N) is 1. The Morgan fingerprint density at radius 1 is 0.841 bits per heavy atom. The minimum absolute atomic E-state index is 0.0654. The molecule has 0 saturated carbocycles. The van der Waals surface area contributed by atoms with Crippen molar-refractivity contribution in [2.24, 2.45) is 5.92 Å². The molecule has 3 atom stereocenters. The maximum atomic E-state index is 14.0. The fourth-order valence-corrected chi connectivity index (χ4v) is 9.18. The molecule has 3 heterocycles. The summed E-state index contributed by atoms with van der Waals surface area (Å²) < 4.78 is 5.98. The van der Waals surface area contributed by atoms with Gasteiger partial charge in [0.25, 0.3) is 5.91 Å². The first-order valence-corrected chi connectivity index (χ1v) is 22.0. The highest BCUT2D eigenvalue weighted by Crippen LogP contribution is 2.36. The number of H-pyrrole nitrogens is 1. The molecule has 0 radical (unpaired) electrons. The molecular weight excluding hydrogens is 813 g/mol. The summed E-state index contributed by atoms with van der Waals surface area (Å²) in [5, 5.41) is 40.2. The Morgan fingerprint density at radius 3 is 2.40 bits per heavy atom. The number of hydrogen-bond acceptors (Lipinski definition) is 10. The minimum Gasteiger partial charge on any atom is -0.506 e. The van der Waals surface area contributed by atoms with Crippen LogP contribution in [0.1, 0.15) is 62.0 Å². The highest BCUT2D eigenvalue weighted by atomic mass is 32.1. The van der Waals surface area contributed by atoms with Gasteiger partial charge in [-0.3, -0.25) is 14.5 Å². The van der Waals surface area contributed by atoms with Crippen molar-refractivity contribution in [2.75, 3.05) is 26.2 Å². The zero-order chi connectivity index (χ0) is 43.8. The van der Waals surface area contributed by atoms with E-state index in [1.165, 1.54) is 29.0 Å². The molecule has 0 spiro atoms. The van der Waals surface area contributed by atoms with Gasteiger partial charge in [-0.2, -0.15) is 0 Å². The molecule has 8 rings (SSSR count). The summed E-state index contributed by atoms with van der Waals surface area (Å²) in [4.78, 5) is 45.8. The molecule has 0 bridgehead atoms. The lowest BCUT2D eigenvalue weighted by Crippen LogP contribution is -2.41. The molecule has 0 aliphatic carbocycles. The molecule has 6 N–H and O–H groups in total. The van der Waals surface area contributed by atoms with E-state index in [0.29, 0.717) is 40.7 Å². The SMILES string of the molecule is O=C(NCc1ccc(-c2cccc(C(O)(C(=O)OC[C@H]3CCCN(Cc4ccccc4)C3)c3ccccc3)c2)s1)c1ccc(CNCC(O)c2ccc(O)c3[nH]c(=O)ccc23)cc1. The third kappa shape index (κ3) is 10.3. The lowest BCUT2D eigenvalue weighted by Gasteiger charge is -2.33. The van der Waals surface area contributed by atoms with Crippen LogP contribution in [0.4, 0.5) is 0 Å². The zero-order valence-corrected chi connectivity index (χ0v) is 35.5. The number of esters is 1. The lowest BCUT2D eigenvalue weighted by atomic mass is 9.85. The molecule has 2 aromatic heterocycles. The van der Waals surface area contributed by atoms with E-state index < -0.39 is 17.7 Å². The van der Waals surface area contributed by atoms with Crippen LogP contribution in [0.15, 0.2) is 150 Å². The topological polar surface area (TPSA) is 164 Å². The number of amides is 1. The lowest BCUT2D eigenvalue weighted by molar-refractivity contribution is -0.164. The van der Waals surface area contributed by atoms with Crippen LogP contribution in [0.3, 0.4) is 0 Å². The number of fused-ring (bicyclic) bond motifs is 1. The fourth-order valence-electron chi connectivity index (χ4n) is 8.23. The number of rotatable bonds is 16. The summed E-state index contributed by atoms with van der Waals surface area (Å²) in [5.74, 6) is -0.830. The number of phenols is 1. The number of aliphatic hydroxyl groups excluding tert-OH is 1. The molecule has 322 valence electrons. The third-order valence-corrected chi connectivity index (χ3v) is 12.7. The maximum absolute atomic E-state index is 14.0. The van der Waals surface area contributed by atoms with Gasteiger partial charge in [0, 0.05) is 64.4 Å². The van der Waals surface area contributed by atoms with Crippen LogP contribution in [0.2, 0.25) is 0 Å². The van der Waals surface area contributed by atoms with Gasteiger partial charge in [0.2, 0.25) is 11.2 Å². The van der Waals surface area contributed by atoms with Crippen molar-refractivity contribution < 1.29 is 29.6 Å². The van der Waals surface area contributed by atoms with Gasteiger partial charge in [0.05, 0.1) is 24.8 Å². The van der Waals surface area contributed by atoms with Gasteiger partial charge in [-0.15, -0.1) is 11.3 Å². The molecule has 63 heavy (non-hydrogen) atoms. The van der Waals surface area contributed by atoms with E-state index in [-0.39, 0.29) is 41.8 Å². The van der Waals surface area contributed by atoms with Crippen LogP contribution in [-0.4, -0.2) is 63.3 Å². The molecule has 1 aliphatic rings. The Bertz CT molecular complexity index is 2720. The smallest absolute Gasteiger partial charge is 0.347 e. The summed E-state index contributed by atoms with van der Waals surface area (Å²) >= 11 is 1.52. The summed E-state index contributed by atoms with van der Waals surface area (Å²) in [7, 11) is 0. The number of likely N-dealkylation sites (tertiary alicyclic amines) is 1. The first kappa shape index (κ1) is 43.2. The molecule has 2 unspecified atom stereocenters. The molecule has 7 aromatic rings. The number of aromatic hydroxyl groups is 1. The highest BCUT2D eigenvalue weighted by molar-refractivity contribution is 7.15. The van der Waals surface area contributed by atoms with Crippen molar-refractivity contribution in [2.45, 2.75) is 44.2 Å². The summed E-state index contributed by atoms with van der Waals surface area (Å²) in [6.07, 6.45) is 1.08. The standard InChI is InChI=1S/C51H50N4O7S/c56-44-23-21-42(43-22-25-47(58)54-48(43)44)45(57)30-52-28-34-16-18-37(19-17-34)49(59)53-29-41-20-24-46(63-41)38-12-7-15-40(27-38)51(61,39-13-5-2-6-14-39)50(60)62-33-36-11-8-26-55(32-36)31-35-9-3-1-4-10-35/h1-7,9-10,12-25,27,36,45,52,56-57,61H,8,11,26,28-33H2,(H,53,59)(H,54,58)/t36-,45?,51?/m0/s1. The van der Waals surface area contributed by atoms with Gasteiger partial charge in [-0.25, -0.2) is 4.79 Å². The largest absolute Gasteiger partial charge is 0.506 e. The average Bonchev–Trinajstić information content (AvgIpc) is 3.80. The predicted octanol–water partition coefficient (Wildman–Crippen LogP) is 7.41. The summed E-state index contributed by atoms with van der Waals surface area (Å²) in [5.41, 5.74) is 2.84. The molecule has 1 saturated heterocycles. The number of benzene rings is 5. The second kappa shape index (κ2) is 19.7. The quantitative estimate of drug-likeness (QED) is 0.0544. The Hall–Kier alpha value is -6.41. The van der Waals surface area contributed by atoms with Gasteiger partial charge in [-0.1, -0.05) is 97.1 Å². The highest BCUT2D eigenvalue weighted by Gasteiger charge is 2.42. The van der Waals surface area contributed by atoms with Gasteiger partial charge in [-0.05, 0) is 89.7 Å². The first-order chi connectivity index (χ1) is 30.6. The number of phenolic OH excluding ortho intramolecular Hbond substituents is 1. The van der Waals surface area contributed by atoms with Gasteiger partial charge in [0.15, 0.2) is 0 Å². The second-order valence-electron chi connectivity index (χ2n) is 16.1. The number of aliphatic hydroxyl groups is 2. The van der Waals surface area contributed by atoms with Gasteiger partial charge >= 0.3 is 5.97 Å². The summed E-state index contributed by atoms with van der Waals surface area (Å²) in [6, 6.07) is 43.8. The van der Waals surface area contributed by atoms with Crippen molar-refractivity contribution in [3.8, 4) is 16.2 Å². The van der Waals surface area contributed by atoms with E-state index in [0.717, 1.165) is 53.4 Å². The van der Waals surface area contributed by atoms with Crippen LogP contribution < -0.4 is 16.2 Å². The number of nitrogens with one attached hydrogen (secondary N) is 3. The van der Waals surface area contributed by atoms with Crippen LogP contribution in [0.25, 0.3) is 21.3 Å². The number of carbonyl (C=O) groups excluding carboxylic acids is 2. The minimum atomic E-state index is -2.02. The first-order valence-electron chi connectivity index (χ1n) is 21.2. The molecule has 12 heteroatoms.